The predicted octanol–water partition coefficient (Wildman–Crippen LogP) is 4.58. The Morgan fingerprint density at radius 1 is 1.03 bits per heavy atom. The van der Waals surface area contributed by atoms with Gasteiger partial charge in [0.1, 0.15) is 11.3 Å². The number of sulfonamides is 1. The van der Waals surface area contributed by atoms with E-state index < -0.39 is 10.0 Å². The molecular formula is C25H29N3O4S. The maximum Gasteiger partial charge on any atom is 0.328 e. The number of furan rings is 1. The first-order chi connectivity index (χ1) is 15.5. The zero-order valence-corrected chi connectivity index (χ0v) is 20.4. The molecule has 0 amide bonds. The average Bonchev–Trinajstić information content (AvgIpc) is 3.23. The lowest BCUT2D eigenvalue weighted by atomic mass is 9.71. The average molecular weight is 468 g/mol. The van der Waals surface area contributed by atoms with Crippen molar-refractivity contribution in [1.82, 2.24) is 9.13 Å². The molecule has 0 aliphatic heterocycles. The van der Waals surface area contributed by atoms with Crippen LogP contribution in [0, 0.1) is 11.3 Å². The van der Waals surface area contributed by atoms with E-state index in [2.05, 4.69) is 25.5 Å². The number of rotatable bonds is 3. The number of hydrogen-bond donors (Lipinski definition) is 1. The molecule has 1 aliphatic rings. The molecule has 0 bridgehead atoms. The second-order valence-corrected chi connectivity index (χ2v) is 11.9. The molecule has 2 aromatic carbocycles. The fraction of sp³-hybridized carbons (Fsp3) is 0.400. The van der Waals surface area contributed by atoms with Crippen LogP contribution >= 0.6 is 0 Å². The van der Waals surface area contributed by atoms with E-state index >= 15 is 0 Å². The molecular weight excluding hydrogens is 438 g/mol. The fourth-order valence-corrected chi connectivity index (χ4v) is 6.02. The topological polar surface area (TPSA) is 86.2 Å². The highest BCUT2D eigenvalue weighted by atomic mass is 32.2. The minimum atomic E-state index is -3.84. The van der Waals surface area contributed by atoms with Gasteiger partial charge in [-0.25, -0.2) is 13.2 Å². The van der Waals surface area contributed by atoms with Gasteiger partial charge in [0.15, 0.2) is 0 Å². The summed E-state index contributed by atoms with van der Waals surface area (Å²) < 4.78 is 38.1. The first-order valence-electron chi connectivity index (χ1n) is 11.2. The Hall–Kier alpha value is -3.00. The van der Waals surface area contributed by atoms with Crippen molar-refractivity contribution in [3.8, 4) is 0 Å². The molecule has 8 heteroatoms. The van der Waals surface area contributed by atoms with Crippen LogP contribution in [0.3, 0.4) is 0 Å². The molecule has 5 rings (SSSR count). The van der Waals surface area contributed by atoms with E-state index in [1.165, 1.54) is 26.8 Å². The molecule has 1 N–H and O–H groups in total. The molecule has 2 aromatic heterocycles. The molecule has 7 nitrogen and oxygen atoms in total. The molecule has 174 valence electrons. The Morgan fingerprint density at radius 2 is 1.76 bits per heavy atom. The number of anilines is 1. The SMILES string of the molecule is Cn1c(=O)n(C)c2cc(S(=O)(=O)Nc3ccc4oc5c(c4c3)C[C@H](C(C)(C)C)CC5)ccc21. The molecule has 0 spiro atoms. The van der Waals surface area contributed by atoms with Gasteiger partial charge in [-0.1, -0.05) is 20.8 Å². The van der Waals surface area contributed by atoms with Gasteiger partial charge < -0.3 is 4.42 Å². The van der Waals surface area contributed by atoms with Gasteiger partial charge in [-0.3, -0.25) is 13.9 Å². The Morgan fingerprint density at radius 3 is 2.48 bits per heavy atom. The van der Waals surface area contributed by atoms with Gasteiger partial charge in [0.05, 0.1) is 15.9 Å². The highest BCUT2D eigenvalue weighted by Crippen LogP contribution is 2.41. The number of hydrogen-bond acceptors (Lipinski definition) is 4. The van der Waals surface area contributed by atoms with Crippen LogP contribution in [0.4, 0.5) is 5.69 Å². The van der Waals surface area contributed by atoms with Crippen LogP contribution in [0.5, 0.6) is 0 Å². The highest BCUT2D eigenvalue weighted by molar-refractivity contribution is 7.92. The summed E-state index contributed by atoms with van der Waals surface area (Å²) in [6.45, 7) is 6.80. The Balaban J connectivity index is 1.51. The molecule has 0 unspecified atom stereocenters. The summed E-state index contributed by atoms with van der Waals surface area (Å²) in [6.07, 6.45) is 2.93. The molecule has 0 saturated heterocycles. The number of benzene rings is 2. The summed E-state index contributed by atoms with van der Waals surface area (Å²) in [5.41, 5.74) is 3.73. The standard InChI is InChI=1S/C25H29N3O4S/c1-25(2,3)15-6-10-22-18(12-15)19-13-16(7-11-23(19)32-22)26-33(30,31)17-8-9-20-21(14-17)28(5)24(29)27(20)4/h7-9,11,13-15,26H,6,10,12H2,1-5H3/t15-/m1/s1. The zero-order chi connectivity index (χ0) is 23.7. The molecule has 0 saturated carbocycles. The molecule has 33 heavy (non-hydrogen) atoms. The fourth-order valence-electron chi connectivity index (χ4n) is 4.95. The van der Waals surface area contributed by atoms with Gasteiger partial charge in [0, 0.05) is 37.2 Å². The number of aryl methyl sites for hydroxylation is 3. The third-order valence-corrected chi connectivity index (χ3v) is 8.45. The van der Waals surface area contributed by atoms with E-state index in [0.717, 1.165) is 36.0 Å². The van der Waals surface area contributed by atoms with Crippen molar-refractivity contribution in [1.29, 1.82) is 0 Å². The van der Waals surface area contributed by atoms with Crippen LogP contribution in [-0.4, -0.2) is 17.6 Å². The lowest BCUT2D eigenvalue weighted by Gasteiger charge is -2.33. The second-order valence-electron chi connectivity index (χ2n) is 10.2. The van der Waals surface area contributed by atoms with Gasteiger partial charge in [-0.15, -0.1) is 0 Å². The molecule has 4 aromatic rings. The largest absolute Gasteiger partial charge is 0.461 e. The van der Waals surface area contributed by atoms with Crippen LogP contribution in [0.2, 0.25) is 0 Å². The van der Waals surface area contributed by atoms with Gasteiger partial charge in [0.2, 0.25) is 0 Å². The maximum absolute atomic E-state index is 13.2. The van der Waals surface area contributed by atoms with Crippen LogP contribution in [-0.2, 0) is 37.0 Å². The monoisotopic (exact) mass is 467 g/mol. The van der Waals surface area contributed by atoms with E-state index in [1.807, 2.05) is 12.1 Å². The summed E-state index contributed by atoms with van der Waals surface area (Å²) in [4.78, 5) is 12.3. The third kappa shape index (κ3) is 3.57. The van der Waals surface area contributed by atoms with Crippen molar-refractivity contribution < 1.29 is 12.8 Å². The predicted molar refractivity (Wildman–Crippen MR) is 130 cm³/mol. The van der Waals surface area contributed by atoms with E-state index in [-0.39, 0.29) is 16.0 Å². The number of nitrogens with zero attached hydrogens (tertiary/aromatic N) is 2. The first kappa shape index (κ1) is 21.8. The third-order valence-electron chi connectivity index (χ3n) is 7.08. The zero-order valence-electron chi connectivity index (χ0n) is 19.6. The molecule has 1 atom stereocenters. The van der Waals surface area contributed by atoms with Crippen molar-refractivity contribution in [2.75, 3.05) is 4.72 Å². The van der Waals surface area contributed by atoms with E-state index in [9.17, 15) is 13.2 Å². The summed E-state index contributed by atoms with van der Waals surface area (Å²) in [6, 6.07) is 10.2. The minimum absolute atomic E-state index is 0.110. The lowest BCUT2D eigenvalue weighted by molar-refractivity contribution is 0.210. The Labute approximate surface area is 193 Å². The van der Waals surface area contributed by atoms with Crippen LogP contribution in [0.1, 0.15) is 38.5 Å². The second kappa shape index (κ2) is 7.25. The highest BCUT2D eigenvalue weighted by Gasteiger charge is 2.31. The Bertz CT molecular complexity index is 1570. The number of imidazole rings is 1. The quantitative estimate of drug-likeness (QED) is 0.478. The number of nitrogens with one attached hydrogen (secondary N) is 1. The Kier molecular flexibility index (Phi) is 4.79. The maximum atomic E-state index is 13.2. The van der Waals surface area contributed by atoms with Crippen molar-refractivity contribution in [2.45, 2.75) is 44.9 Å². The van der Waals surface area contributed by atoms with Crippen molar-refractivity contribution in [3.63, 3.8) is 0 Å². The van der Waals surface area contributed by atoms with Gasteiger partial charge in [-0.05, 0) is 60.6 Å². The van der Waals surface area contributed by atoms with Crippen LogP contribution < -0.4 is 10.4 Å². The van der Waals surface area contributed by atoms with Crippen LogP contribution in [0.25, 0.3) is 22.0 Å². The van der Waals surface area contributed by atoms with E-state index in [1.54, 1.807) is 26.2 Å². The van der Waals surface area contributed by atoms with E-state index in [0.29, 0.717) is 22.6 Å². The molecule has 0 fully saturated rings. The van der Waals surface area contributed by atoms with Crippen molar-refractivity contribution >= 4 is 37.7 Å². The summed E-state index contributed by atoms with van der Waals surface area (Å²) in [7, 11) is -0.534. The van der Waals surface area contributed by atoms with Crippen molar-refractivity contribution in [2.24, 2.45) is 25.4 Å². The smallest absolute Gasteiger partial charge is 0.328 e. The normalized spacial score (nSPS) is 16.9. The van der Waals surface area contributed by atoms with E-state index in [4.69, 9.17) is 4.42 Å². The lowest BCUT2D eigenvalue weighted by Crippen LogP contribution is -2.26. The summed E-state index contributed by atoms with van der Waals surface area (Å²) in [5.74, 6) is 1.57. The summed E-state index contributed by atoms with van der Waals surface area (Å²) in [5, 5.41) is 0.972. The van der Waals surface area contributed by atoms with Gasteiger partial charge >= 0.3 is 5.69 Å². The molecule has 2 heterocycles. The summed E-state index contributed by atoms with van der Waals surface area (Å²) >= 11 is 0. The van der Waals surface area contributed by atoms with Crippen molar-refractivity contribution in [3.05, 3.63) is 58.2 Å². The molecule has 0 radical (unpaired) electrons. The first-order valence-corrected chi connectivity index (χ1v) is 12.7. The van der Waals surface area contributed by atoms with Gasteiger partial charge in [0.25, 0.3) is 10.0 Å². The molecule has 1 aliphatic carbocycles. The number of aromatic nitrogens is 2. The minimum Gasteiger partial charge on any atom is -0.461 e. The van der Waals surface area contributed by atoms with Gasteiger partial charge in [-0.2, -0.15) is 0 Å². The van der Waals surface area contributed by atoms with Crippen LogP contribution in [0.15, 0.2) is 50.5 Å². The number of fused-ring (bicyclic) bond motifs is 4.